The Labute approximate surface area is 174 Å². The highest BCUT2D eigenvalue weighted by molar-refractivity contribution is 6.30. The van der Waals surface area contributed by atoms with Crippen LogP contribution in [0.2, 0.25) is 5.02 Å². The third-order valence-corrected chi connectivity index (χ3v) is 6.54. The van der Waals surface area contributed by atoms with Crippen LogP contribution in [0.4, 0.5) is 13.2 Å². The number of hydrogen-bond acceptors (Lipinski definition) is 2. The molecule has 156 valence electrons. The van der Waals surface area contributed by atoms with Gasteiger partial charge in [-0.25, -0.2) is 0 Å². The number of hydrogen-bond donors (Lipinski definition) is 2. The van der Waals surface area contributed by atoms with Crippen molar-refractivity contribution in [2.24, 2.45) is 0 Å². The van der Waals surface area contributed by atoms with E-state index in [2.05, 4.69) is 41.8 Å². The normalized spacial score (nSPS) is 29.2. The van der Waals surface area contributed by atoms with E-state index in [-0.39, 0.29) is 16.6 Å². The summed E-state index contributed by atoms with van der Waals surface area (Å²) in [4.78, 5) is 0. The third-order valence-electron chi connectivity index (χ3n) is 6.32. The van der Waals surface area contributed by atoms with Gasteiger partial charge in [-0.1, -0.05) is 48.9 Å². The van der Waals surface area contributed by atoms with Crippen LogP contribution in [-0.4, -0.2) is 17.6 Å². The van der Waals surface area contributed by atoms with E-state index in [1.54, 1.807) is 6.07 Å². The quantitative estimate of drug-likeness (QED) is 0.626. The van der Waals surface area contributed by atoms with E-state index in [0.29, 0.717) is 24.1 Å². The monoisotopic (exact) mass is 422 g/mol. The first-order valence-electron chi connectivity index (χ1n) is 10.2. The van der Waals surface area contributed by atoms with E-state index in [4.69, 9.17) is 11.6 Å². The highest BCUT2D eigenvalue weighted by Gasteiger charge is 2.57. The van der Waals surface area contributed by atoms with Gasteiger partial charge in [0.15, 0.2) is 0 Å². The minimum Gasteiger partial charge on any atom is -0.310 e. The highest BCUT2D eigenvalue weighted by Crippen LogP contribution is 2.56. The summed E-state index contributed by atoms with van der Waals surface area (Å²) in [6.07, 6.45) is -0.275. The SMILES string of the molecule is CC[C@@H]1C[C@H](NCc2cc(Cl)cc(C(F)(F)F)c2)C[C@]2(C[C@H]2c2ccccc2)N1. The van der Waals surface area contributed by atoms with Crippen LogP contribution >= 0.6 is 11.6 Å². The maximum absolute atomic E-state index is 13.1. The third kappa shape index (κ3) is 4.62. The van der Waals surface area contributed by atoms with Gasteiger partial charge in [0.25, 0.3) is 0 Å². The fourth-order valence-electron chi connectivity index (χ4n) is 4.81. The number of alkyl halides is 3. The van der Waals surface area contributed by atoms with Crippen molar-refractivity contribution in [3.8, 4) is 0 Å². The summed E-state index contributed by atoms with van der Waals surface area (Å²) in [5.74, 6) is 0.505. The summed E-state index contributed by atoms with van der Waals surface area (Å²) in [6, 6.07) is 15.0. The van der Waals surface area contributed by atoms with E-state index >= 15 is 0 Å². The first-order valence-corrected chi connectivity index (χ1v) is 10.6. The molecule has 2 aromatic carbocycles. The lowest BCUT2D eigenvalue weighted by molar-refractivity contribution is -0.137. The van der Waals surface area contributed by atoms with Crippen LogP contribution in [-0.2, 0) is 12.7 Å². The van der Waals surface area contributed by atoms with Gasteiger partial charge in [0.1, 0.15) is 0 Å². The zero-order valence-corrected chi connectivity index (χ0v) is 17.2. The molecule has 2 aromatic rings. The Morgan fingerprint density at radius 1 is 1.14 bits per heavy atom. The van der Waals surface area contributed by atoms with Crippen LogP contribution in [0, 0.1) is 0 Å². The predicted octanol–water partition coefficient (Wildman–Crippen LogP) is 5.91. The second kappa shape index (κ2) is 7.93. The molecule has 0 amide bonds. The molecule has 1 heterocycles. The van der Waals surface area contributed by atoms with Crippen LogP contribution in [0.3, 0.4) is 0 Å². The van der Waals surface area contributed by atoms with Crippen molar-refractivity contribution < 1.29 is 13.2 Å². The van der Waals surface area contributed by atoms with Crippen molar-refractivity contribution in [3.05, 3.63) is 70.2 Å². The molecule has 1 aliphatic heterocycles. The second-order valence-corrected chi connectivity index (χ2v) is 8.87. The largest absolute Gasteiger partial charge is 0.416 e. The molecule has 2 fully saturated rings. The fourth-order valence-corrected chi connectivity index (χ4v) is 5.06. The molecular formula is C23H26ClF3N2. The van der Waals surface area contributed by atoms with Crippen LogP contribution < -0.4 is 10.6 Å². The molecule has 0 radical (unpaired) electrons. The maximum atomic E-state index is 13.1. The lowest BCUT2D eigenvalue weighted by atomic mass is 9.88. The van der Waals surface area contributed by atoms with Crippen LogP contribution in [0.5, 0.6) is 0 Å². The molecule has 2 nitrogen and oxygen atoms in total. The number of halogens is 4. The zero-order chi connectivity index (χ0) is 20.6. The summed E-state index contributed by atoms with van der Waals surface area (Å²) in [7, 11) is 0. The van der Waals surface area contributed by atoms with Gasteiger partial charge >= 0.3 is 6.18 Å². The average molecular weight is 423 g/mol. The number of nitrogens with one attached hydrogen (secondary N) is 2. The molecule has 0 bridgehead atoms. The summed E-state index contributed by atoms with van der Waals surface area (Å²) in [5, 5.41) is 7.49. The van der Waals surface area contributed by atoms with Crippen molar-refractivity contribution >= 4 is 11.6 Å². The summed E-state index contributed by atoms with van der Waals surface area (Å²) >= 11 is 5.93. The van der Waals surface area contributed by atoms with Gasteiger partial charge < -0.3 is 10.6 Å². The fraction of sp³-hybridized carbons (Fsp3) is 0.478. The second-order valence-electron chi connectivity index (χ2n) is 8.44. The van der Waals surface area contributed by atoms with Gasteiger partial charge in [0.05, 0.1) is 5.56 Å². The van der Waals surface area contributed by atoms with Crippen LogP contribution in [0.15, 0.2) is 48.5 Å². The first kappa shape index (κ1) is 20.7. The molecule has 4 rings (SSSR count). The van der Waals surface area contributed by atoms with Gasteiger partial charge in [-0.2, -0.15) is 13.2 Å². The average Bonchev–Trinajstić information content (AvgIpc) is 3.38. The van der Waals surface area contributed by atoms with E-state index in [1.807, 2.05) is 6.07 Å². The standard InChI is InChI=1S/C23H26ClF3N2/c1-2-19-11-20(12-22(29-19)13-21(22)16-6-4-3-5-7-16)28-14-15-8-17(23(25,26)27)10-18(24)9-15/h3-10,19-21,28-29H,2,11-14H2,1H3/t19-,20+,21+,22-/m1/s1. The molecule has 0 unspecified atom stereocenters. The van der Waals surface area contributed by atoms with Crippen LogP contribution in [0.1, 0.15) is 55.2 Å². The molecule has 4 atom stereocenters. The van der Waals surface area contributed by atoms with Gasteiger partial charge in [-0.05, 0) is 55.0 Å². The van der Waals surface area contributed by atoms with Crippen molar-refractivity contribution in [2.45, 2.75) is 68.9 Å². The molecular weight excluding hydrogens is 397 g/mol. The number of piperidine rings is 1. The molecule has 1 aliphatic carbocycles. The lowest BCUT2D eigenvalue weighted by Crippen LogP contribution is -2.53. The van der Waals surface area contributed by atoms with Crippen molar-refractivity contribution in [3.63, 3.8) is 0 Å². The Bertz CT molecular complexity index is 855. The van der Waals surface area contributed by atoms with Gasteiger partial charge in [-0.3, -0.25) is 0 Å². The van der Waals surface area contributed by atoms with Crippen molar-refractivity contribution in [1.82, 2.24) is 10.6 Å². The molecule has 0 aromatic heterocycles. The highest BCUT2D eigenvalue weighted by atomic mass is 35.5. The van der Waals surface area contributed by atoms with Crippen molar-refractivity contribution in [2.75, 3.05) is 0 Å². The van der Waals surface area contributed by atoms with E-state index in [0.717, 1.165) is 31.7 Å². The van der Waals surface area contributed by atoms with Gasteiger partial charge in [-0.15, -0.1) is 0 Å². The minimum absolute atomic E-state index is 0.101. The van der Waals surface area contributed by atoms with Crippen molar-refractivity contribution in [1.29, 1.82) is 0 Å². The first-order chi connectivity index (χ1) is 13.8. The molecule has 1 spiro atoms. The minimum atomic E-state index is -4.39. The predicted molar refractivity (Wildman–Crippen MR) is 110 cm³/mol. The summed E-state index contributed by atoms with van der Waals surface area (Å²) in [5.41, 5.74) is 1.34. The molecule has 2 aliphatic rings. The summed E-state index contributed by atoms with van der Waals surface area (Å²) in [6.45, 7) is 2.57. The zero-order valence-electron chi connectivity index (χ0n) is 16.4. The molecule has 6 heteroatoms. The molecule has 1 saturated heterocycles. The van der Waals surface area contributed by atoms with E-state index in [9.17, 15) is 13.2 Å². The Morgan fingerprint density at radius 2 is 1.90 bits per heavy atom. The topological polar surface area (TPSA) is 24.1 Å². The van der Waals surface area contributed by atoms with E-state index < -0.39 is 11.7 Å². The van der Waals surface area contributed by atoms with Gasteiger partial charge in [0, 0.05) is 35.1 Å². The Balaban J connectivity index is 1.45. The summed E-state index contributed by atoms with van der Waals surface area (Å²) < 4.78 is 39.2. The Morgan fingerprint density at radius 3 is 2.59 bits per heavy atom. The van der Waals surface area contributed by atoms with Crippen LogP contribution in [0.25, 0.3) is 0 Å². The molecule has 1 saturated carbocycles. The molecule has 29 heavy (non-hydrogen) atoms. The lowest BCUT2D eigenvalue weighted by Gasteiger charge is -2.38. The Kier molecular flexibility index (Phi) is 5.66. The number of benzene rings is 2. The molecule has 2 N–H and O–H groups in total. The maximum Gasteiger partial charge on any atom is 0.416 e. The number of rotatable bonds is 5. The van der Waals surface area contributed by atoms with E-state index in [1.165, 1.54) is 11.6 Å². The smallest absolute Gasteiger partial charge is 0.310 e. The van der Waals surface area contributed by atoms with Gasteiger partial charge in [0.2, 0.25) is 0 Å². The Hall–Kier alpha value is -1.56.